The number of H-pyrrole nitrogens is 1. The van der Waals surface area contributed by atoms with Crippen molar-refractivity contribution in [1.82, 2.24) is 15.2 Å². The van der Waals surface area contributed by atoms with Crippen LogP contribution in [-0.2, 0) is 29.0 Å². The molecule has 2 heterocycles. The van der Waals surface area contributed by atoms with E-state index in [0.29, 0.717) is 87.9 Å². The molecular weight excluding hydrogens is 582 g/mol. The van der Waals surface area contributed by atoms with E-state index < -0.39 is 15.9 Å². The molecule has 236 valence electrons. The SMILES string of the molecule is CCS(=O)(=O)Nc1ccc(-c2n[nH]c(Nc3ccnc(OCCOCCOCCOCCOCCN)c3)c2C(N)=O)cc1. The van der Waals surface area contributed by atoms with Crippen molar-refractivity contribution in [2.75, 3.05) is 81.8 Å². The van der Waals surface area contributed by atoms with Crippen molar-refractivity contribution in [2.45, 2.75) is 6.92 Å². The van der Waals surface area contributed by atoms with Gasteiger partial charge in [0.25, 0.3) is 5.91 Å². The molecule has 15 nitrogen and oxygen atoms in total. The zero-order valence-electron chi connectivity index (χ0n) is 24.0. The van der Waals surface area contributed by atoms with E-state index in [2.05, 4.69) is 25.2 Å². The largest absolute Gasteiger partial charge is 0.475 e. The first kappa shape index (κ1) is 33.7. The summed E-state index contributed by atoms with van der Waals surface area (Å²) in [7, 11) is -3.42. The number of primary amides is 1. The molecular formula is C27H39N7O8S. The van der Waals surface area contributed by atoms with Gasteiger partial charge >= 0.3 is 0 Å². The minimum absolute atomic E-state index is 0.0507. The summed E-state index contributed by atoms with van der Waals surface area (Å²) in [6, 6.07) is 9.80. The maximum absolute atomic E-state index is 12.3. The monoisotopic (exact) mass is 621 g/mol. The van der Waals surface area contributed by atoms with Crippen LogP contribution in [0, 0.1) is 0 Å². The average Bonchev–Trinajstić information content (AvgIpc) is 3.41. The van der Waals surface area contributed by atoms with E-state index in [1.165, 1.54) is 0 Å². The van der Waals surface area contributed by atoms with Gasteiger partial charge in [-0.15, -0.1) is 0 Å². The number of hydrogen-bond donors (Lipinski definition) is 5. The molecule has 1 amide bonds. The van der Waals surface area contributed by atoms with Gasteiger partial charge in [-0.3, -0.25) is 14.6 Å². The topological polar surface area (TPSA) is 215 Å². The Morgan fingerprint density at radius 1 is 0.884 bits per heavy atom. The highest BCUT2D eigenvalue weighted by Crippen LogP contribution is 2.30. The molecule has 43 heavy (non-hydrogen) atoms. The normalized spacial score (nSPS) is 11.4. The summed E-state index contributed by atoms with van der Waals surface area (Å²) in [5.74, 6) is -0.119. The van der Waals surface area contributed by atoms with Crippen molar-refractivity contribution < 1.29 is 36.9 Å². The second kappa shape index (κ2) is 18.0. The van der Waals surface area contributed by atoms with Crippen molar-refractivity contribution in [1.29, 1.82) is 0 Å². The molecule has 2 aromatic heterocycles. The number of nitrogens with two attached hydrogens (primary N) is 2. The predicted octanol–water partition coefficient (Wildman–Crippen LogP) is 1.48. The number of sulfonamides is 1. The Hall–Kier alpha value is -3.80. The van der Waals surface area contributed by atoms with Gasteiger partial charge in [-0.05, 0) is 25.1 Å². The van der Waals surface area contributed by atoms with E-state index in [0.717, 1.165) is 0 Å². The fraction of sp³-hybridized carbons (Fsp3) is 0.444. The number of carbonyl (C=O) groups excluding carboxylic acids is 1. The van der Waals surface area contributed by atoms with Gasteiger partial charge in [0.1, 0.15) is 23.7 Å². The van der Waals surface area contributed by atoms with E-state index in [1.807, 2.05) is 0 Å². The molecule has 0 unspecified atom stereocenters. The van der Waals surface area contributed by atoms with Gasteiger partial charge in [-0.2, -0.15) is 5.10 Å². The Bertz CT molecular complexity index is 1370. The van der Waals surface area contributed by atoms with Crippen LogP contribution in [0.5, 0.6) is 5.88 Å². The second-order valence-electron chi connectivity index (χ2n) is 8.86. The quantitative estimate of drug-likeness (QED) is 0.101. The summed E-state index contributed by atoms with van der Waals surface area (Å²) in [5.41, 5.74) is 13.0. The lowest BCUT2D eigenvalue weighted by atomic mass is 10.1. The van der Waals surface area contributed by atoms with Crippen LogP contribution in [0.3, 0.4) is 0 Å². The third-order valence-electron chi connectivity index (χ3n) is 5.68. The fourth-order valence-electron chi connectivity index (χ4n) is 3.59. The summed E-state index contributed by atoms with van der Waals surface area (Å²) in [6.07, 6.45) is 1.55. The minimum Gasteiger partial charge on any atom is -0.475 e. The number of nitrogens with one attached hydrogen (secondary N) is 3. The van der Waals surface area contributed by atoms with Gasteiger partial charge in [0.15, 0.2) is 0 Å². The summed E-state index contributed by atoms with van der Waals surface area (Å²) in [6.45, 7) is 5.97. The highest BCUT2D eigenvalue weighted by molar-refractivity contribution is 7.92. The van der Waals surface area contributed by atoms with Crippen LogP contribution >= 0.6 is 0 Å². The Morgan fingerprint density at radius 2 is 1.49 bits per heavy atom. The average molecular weight is 622 g/mol. The lowest BCUT2D eigenvalue weighted by molar-refractivity contribution is -0.00399. The number of ether oxygens (including phenoxy) is 5. The number of aromatic amines is 1. The molecule has 0 atom stereocenters. The van der Waals surface area contributed by atoms with E-state index >= 15 is 0 Å². The third kappa shape index (κ3) is 11.8. The fourth-order valence-corrected chi connectivity index (χ4v) is 4.23. The van der Waals surface area contributed by atoms with Gasteiger partial charge in [-0.25, -0.2) is 13.4 Å². The molecule has 0 fully saturated rings. The number of carbonyl (C=O) groups is 1. The van der Waals surface area contributed by atoms with Crippen LogP contribution < -0.4 is 26.2 Å². The molecule has 0 spiro atoms. The van der Waals surface area contributed by atoms with Crippen LogP contribution in [0.1, 0.15) is 17.3 Å². The van der Waals surface area contributed by atoms with Crippen molar-refractivity contribution in [3.8, 4) is 17.1 Å². The number of anilines is 3. The van der Waals surface area contributed by atoms with E-state index in [9.17, 15) is 13.2 Å². The number of hydrogen-bond acceptors (Lipinski definition) is 12. The first-order valence-corrected chi connectivity index (χ1v) is 15.3. The van der Waals surface area contributed by atoms with Crippen molar-refractivity contribution in [2.24, 2.45) is 11.5 Å². The summed E-state index contributed by atoms with van der Waals surface area (Å²) < 4.78 is 53.3. The molecule has 0 aliphatic rings. The standard InChI is InChI=1S/C27H39N7O8S/c1-2-43(36,37)34-21-5-3-20(4-6-21)25-24(26(29)35)27(33-32-25)31-22-7-9-30-23(19-22)42-18-17-41-16-15-40-14-13-39-12-11-38-10-8-28/h3-7,9,19,34H,2,8,10-18,28H2,1H3,(H2,29,35)(H2,30,31,32,33). The molecule has 0 saturated carbocycles. The van der Waals surface area contributed by atoms with Crippen LogP contribution in [0.4, 0.5) is 17.2 Å². The Kier molecular flexibility index (Phi) is 14.1. The first-order chi connectivity index (χ1) is 20.8. The Labute approximate surface area is 250 Å². The van der Waals surface area contributed by atoms with Crippen molar-refractivity contribution >= 4 is 33.1 Å². The lowest BCUT2D eigenvalue weighted by Gasteiger charge is -2.10. The van der Waals surface area contributed by atoms with Crippen LogP contribution in [0.25, 0.3) is 11.3 Å². The number of nitrogens with zero attached hydrogens (tertiary/aromatic N) is 2. The molecule has 0 aliphatic heterocycles. The van der Waals surface area contributed by atoms with Gasteiger partial charge in [0.05, 0.1) is 58.6 Å². The predicted molar refractivity (Wildman–Crippen MR) is 161 cm³/mol. The minimum atomic E-state index is -3.42. The zero-order chi connectivity index (χ0) is 30.9. The van der Waals surface area contributed by atoms with Gasteiger partial charge in [0.2, 0.25) is 15.9 Å². The summed E-state index contributed by atoms with van der Waals surface area (Å²) in [4.78, 5) is 16.5. The highest BCUT2D eigenvalue weighted by atomic mass is 32.2. The number of benzene rings is 1. The second-order valence-corrected chi connectivity index (χ2v) is 10.9. The number of amides is 1. The molecule has 3 rings (SSSR count). The molecule has 16 heteroatoms. The number of pyridine rings is 1. The van der Waals surface area contributed by atoms with Crippen molar-refractivity contribution in [3.05, 3.63) is 48.2 Å². The van der Waals surface area contributed by atoms with Crippen LogP contribution in [0.2, 0.25) is 0 Å². The Morgan fingerprint density at radius 3 is 2.07 bits per heavy atom. The molecule has 0 saturated heterocycles. The molecule has 3 aromatic rings. The molecule has 0 bridgehead atoms. The number of aromatic nitrogens is 3. The van der Waals surface area contributed by atoms with E-state index in [1.54, 1.807) is 49.5 Å². The molecule has 0 aliphatic carbocycles. The lowest BCUT2D eigenvalue weighted by Crippen LogP contribution is -2.15. The van der Waals surface area contributed by atoms with E-state index in [-0.39, 0.29) is 23.7 Å². The highest BCUT2D eigenvalue weighted by Gasteiger charge is 2.20. The maximum atomic E-state index is 12.3. The van der Waals surface area contributed by atoms with Gasteiger partial charge in [0, 0.05) is 35.7 Å². The van der Waals surface area contributed by atoms with Crippen LogP contribution in [-0.4, -0.2) is 101 Å². The number of rotatable bonds is 22. The van der Waals surface area contributed by atoms with Crippen LogP contribution in [0.15, 0.2) is 42.6 Å². The first-order valence-electron chi connectivity index (χ1n) is 13.7. The zero-order valence-corrected chi connectivity index (χ0v) is 24.9. The summed E-state index contributed by atoms with van der Waals surface area (Å²) in [5, 5.41) is 10.1. The van der Waals surface area contributed by atoms with Gasteiger partial charge < -0.3 is 40.5 Å². The smallest absolute Gasteiger partial charge is 0.254 e. The molecule has 1 aromatic carbocycles. The van der Waals surface area contributed by atoms with Gasteiger partial charge in [-0.1, -0.05) is 12.1 Å². The van der Waals surface area contributed by atoms with E-state index in [4.69, 9.17) is 35.2 Å². The summed E-state index contributed by atoms with van der Waals surface area (Å²) >= 11 is 0. The third-order valence-corrected chi connectivity index (χ3v) is 6.99. The Balaban J connectivity index is 1.44. The molecule has 7 N–H and O–H groups in total. The van der Waals surface area contributed by atoms with Crippen molar-refractivity contribution in [3.63, 3.8) is 0 Å². The molecule has 0 radical (unpaired) electrons. The maximum Gasteiger partial charge on any atom is 0.254 e.